The highest BCUT2D eigenvalue weighted by Gasteiger charge is 2.37. The lowest BCUT2D eigenvalue weighted by atomic mass is 9.83. The number of rotatable bonds is 4. The molecule has 0 spiro atoms. The number of carbonyl (C=O) groups excluding carboxylic acids is 1. The van der Waals surface area contributed by atoms with Crippen LogP contribution in [0.3, 0.4) is 0 Å². The molecule has 0 saturated carbocycles. The molecule has 1 aromatic rings. The lowest BCUT2D eigenvalue weighted by Crippen LogP contribution is -2.52. The highest BCUT2D eigenvalue weighted by atomic mass is 16.5. The molecular weight excluding hydrogens is 366 g/mol. The highest BCUT2D eigenvalue weighted by Crippen LogP contribution is 2.40. The van der Waals surface area contributed by atoms with Crippen molar-refractivity contribution >= 4 is 6.03 Å². The Kier molecular flexibility index (Phi) is 6.74. The number of fused-ring (bicyclic) bond motifs is 1. The summed E-state index contributed by atoms with van der Waals surface area (Å²) in [5.74, 6) is 0.749. The third-order valence-corrected chi connectivity index (χ3v) is 6.50. The Bertz CT molecular complexity index is 718. The summed E-state index contributed by atoms with van der Waals surface area (Å²) in [6.45, 7) is 12.1. The molecule has 29 heavy (non-hydrogen) atoms. The fourth-order valence-electron chi connectivity index (χ4n) is 4.94. The van der Waals surface area contributed by atoms with E-state index >= 15 is 0 Å². The molecule has 6 heteroatoms. The number of benzene rings is 1. The van der Waals surface area contributed by atoms with Crippen LogP contribution < -0.4 is 5.73 Å². The lowest BCUT2D eigenvalue weighted by molar-refractivity contribution is -0.0634. The van der Waals surface area contributed by atoms with Crippen LogP contribution in [0.25, 0.3) is 0 Å². The number of ether oxygens (including phenoxy) is 1. The normalized spacial score (nSPS) is 22.8. The summed E-state index contributed by atoms with van der Waals surface area (Å²) in [4.78, 5) is 16.9. The van der Waals surface area contributed by atoms with Gasteiger partial charge >= 0.3 is 6.03 Å². The van der Waals surface area contributed by atoms with Crippen molar-refractivity contribution in [1.82, 2.24) is 9.80 Å². The average molecular weight is 404 g/mol. The minimum absolute atomic E-state index is 0.0345. The molecule has 1 saturated heterocycles. The number of aryl methyl sites for hydroxylation is 1. The van der Waals surface area contributed by atoms with Crippen LogP contribution in [0, 0.1) is 12.8 Å². The van der Waals surface area contributed by atoms with Gasteiger partial charge in [-0.2, -0.15) is 0 Å². The molecule has 2 aliphatic heterocycles. The van der Waals surface area contributed by atoms with Gasteiger partial charge in [0.2, 0.25) is 0 Å². The van der Waals surface area contributed by atoms with Crippen molar-refractivity contribution in [2.45, 2.75) is 78.2 Å². The van der Waals surface area contributed by atoms with Crippen LogP contribution in [-0.4, -0.2) is 58.8 Å². The summed E-state index contributed by atoms with van der Waals surface area (Å²) in [6, 6.07) is 4.48. The molecule has 0 aromatic heterocycles. The average Bonchev–Trinajstić information content (AvgIpc) is 2.69. The van der Waals surface area contributed by atoms with Crippen molar-refractivity contribution in [2.75, 3.05) is 19.6 Å². The molecule has 0 aliphatic carbocycles. The molecule has 2 amide bonds. The van der Waals surface area contributed by atoms with Gasteiger partial charge in [-0.25, -0.2) is 4.79 Å². The van der Waals surface area contributed by atoms with Gasteiger partial charge in [0, 0.05) is 43.7 Å². The minimum Gasteiger partial charge on any atom is -0.507 e. The van der Waals surface area contributed by atoms with Crippen molar-refractivity contribution in [1.29, 1.82) is 0 Å². The van der Waals surface area contributed by atoms with Crippen LogP contribution in [0.4, 0.5) is 4.79 Å². The predicted molar refractivity (Wildman–Crippen MR) is 115 cm³/mol. The zero-order chi connectivity index (χ0) is 21.3. The first-order valence-electron chi connectivity index (χ1n) is 11.0. The molecule has 1 fully saturated rings. The van der Waals surface area contributed by atoms with E-state index in [4.69, 9.17) is 10.5 Å². The van der Waals surface area contributed by atoms with Gasteiger partial charge in [0.1, 0.15) is 5.75 Å². The molecule has 2 aliphatic rings. The Hall–Kier alpha value is -1.79. The van der Waals surface area contributed by atoms with Crippen LogP contribution in [0.5, 0.6) is 5.75 Å². The van der Waals surface area contributed by atoms with Crippen LogP contribution in [0.2, 0.25) is 0 Å². The fraction of sp³-hybridized carbons (Fsp3) is 0.696. The van der Waals surface area contributed by atoms with Gasteiger partial charge in [-0.15, -0.1) is 0 Å². The topological polar surface area (TPSA) is 79.0 Å². The number of hydrogen-bond acceptors (Lipinski definition) is 4. The summed E-state index contributed by atoms with van der Waals surface area (Å²) >= 11 is 0. The van der Waals surface area contributed by atoms with Crippen molar-refractivity contribution in [2.24, 2.45) is 11.7 Å². The van der Waals surface area contributed by atoms with Crippen LogP contribution in [0.15, 0.2) is 12.1 Å². The second-order valence-corrected chi connectivity index (χ2v) is 9.10. The predicted octanol–water partition coefficient (Wildman–Crippen LogP) is 3.59. The van der Waals surface area contributed by atoms with Gasteiger partial charge in [-0.1, -0.05) is 12.1 Å². The van der Waals surface area contributed by atoms with Crippen LogP contribution in [-0.2, 0) is 11.2 Å². The quantitative estimate of drug-likeness (QED) is 0.805. The van der Waals surface area contributed by atoms with E-state index in [1.807, 2.05) is 28.9 Å². The third-order valence-electron chi connectivity index (χ3n) is 6.50. The molecule has 0 bridgehead atoms. The summed E-state index contributed by atoms with van der Waals surface area (Å²) in [7, 11) is 0. The summed E-state index contributed by atoms with van der Waals surface area (Å²) in [6.07, 6.45) is 2.40. The summed E-state index contributed by atoms with van der Waals surface area (Å²) in [5.41, 5.74) is 8.88. The number of piperidine rings is 1. The molecule has 6 nitrogen and oxygen atoms in total. The standard InChI is InChI=1S/C23H37N3O3/c1-14(2)26(15(3)4)23(28)25-10-8-17(9-11-25)20-12-19-18(21(13-24)29-20)7-6-16(5)22(19)27/h6-7,14-15,17,20-21,27H,8-13,24H2,1-5H3/t20-,21-/m0/s1. The zero-order valence-corrected chi connectivity index (χ0v) is 18.5. The van der Waals surface area contributed by atoms with Gasteiger partial charge < -0.3 is 25.4 Å². The number of carbonyl (C=O) groups is 1. The summed E-state index contributed by atoms with van der Waals surface area (Å²) in [5, 5.41) is 10.6. The first-order chi connectivity index (χ1) is 13.7. The van der Waals surface area contributed by atoms with E-state index in [-0.39, 0.29) is 30.3 Å². The first-order valence-corrected chi connectivity index (χ1v) is 11.0. The zero-order valence-electron chi connectivity index (χ0n) is 18.5. The molecule has 162 valence electrons. The van der Waals surface area contributed by atoms with E-state index in [0.717, 1.165) is 42.6 Å². The number of likely N-dealkylation sites (tertiary alicyclic amines) is 1. The number of hydrogen-bond donors (Lipinski definition) is 2. The molecule has 3 N–H and O–H groups in total. The van der Waals surface area contributed by atoms with Gasteiger partial charge in [0.15, 0.2) is 0 Å². The van der Waals surface area contributed by atoms with Crippen molar-refractivity contribution < 1.29 is 14.6 Å². The molecule has 0 unspecified atom stereocenters. The van der Waals surface area contributed by atoms with E-state index in [1.54, 1.807) is 0 Å². The maximum atomic E-state index is 13.0. The molecular formula is C23H37N3O3. The SMILES string of the molecule is Cc1ccc2c(c1O)C[C@@H](C1CCN(C(=O)N(C(C)C)C(C)C)CC1)O[C@H]2CN. The van der Waals surface area contributed by atoms with E-state index < -0.39 is 0 Å². The van der Waals surface area contributed by atoms with Gasteiger partial charge in [-0.3, -0.25) is 0 Å². The molecule has 0 radical (unpaired) electrons. The molecule has 3 rings (SSSR count). The maximum Gasteiger partial charge on any atom is 0.320 e. The van der Waals surface area contributed by atoms with Crippen LogP contribution in [0.1, 0.15) is 63.3 Å². The number of phenols is 1. The second kappa shape index (κ2) is 8.92. The number of urea groups is 1. The first kappa shape index (κ1) is 21.9. The van der Waals surface area contributed by atoms with Crippen molar-refractivity contribution in [3.63, 3.8) is 0 Å². The highest BCUT2D eigenvalue weighted by molar-refractivity contribution is 5.75. The monoisotopic (exact) mass is 403 g/mol. The Morgan fingerprint density at radius 1 is 1.24 bits per heavy atom. The van der Waals surface area contributed by atoms with E-state index in [2.05, 4.69) is 27.7 Å². The lowest BCUT2D eigenvalue weighted by Gasteiger charge is -2.42. The van der Waals surface area contributed by atoms with Crippen molar-refractivity contribution in [3.05, 3.63) is 28.8 Å². The second-order valence-electron chi connectivity index (χ2n) is 9.10. The number of nitrogens with zero attached hydrogens (tertiary/aromatic N) is 2. The molecule has 1 aromatic carbocycles. The number of amides is 2. The van der Waals surface area contributed by atoms with Crippen molar-refractivity contribution in [3.8, 4) is 5.75 Å². The Morgan fingerprint density at radius 3 is 2.41 bits per heavy atom. The van der Waals surface area contributed by atoms with E-state index in [0.29, 0.717) is 24.6 Å². The van der Waals surface area contributed by atoms with E-state index in [1.165, 1.54) is 0 Å². The van der Waals surface area contributed by atoms with Gasteiger partial charge in [0.25, 0.3) is 0 Å². The fourth-order valence-corrected chi connectivity index (χ4v) is 4.94. The smallest absolute Gasteiger partial charge is 0.320 e. The summed E-state index contributed by atoms with van der Waals surface area (Å²) < 4.78 is 6.37. The van der Waals surface area contributed by atoms with Gasteiger partial charge in [-0.05, 0) is 64.5 Å². The number of phenolic OH excluding ortho intramolecular Hbond substituents is 1. The maximum absolute atomic E-state index is 13.0. The molecule has 2 heterocycles. The Labute approximate surface area is 175 Å². The van der Waals surface area contributed by atoms with Gasteiger partial charge in [0.05, 0.1) is 12.2 Å². The van der Waals surface area contributed by atoms with Crippen LogP contribution >= 0.6 is 0 Å². The number of aromatic hydroxyl groups is 1. The minimum atomic E-state index is -0.174. The largest absolute Gasteiger partial charge is 0.507 e. The number of nitrogens with two attached hydrogens (primary N) is 1. The Morgan fingerprint density at radius 2 is 1.86 bits per heavy atom. The van der Waals surface area contributed by atoms with E-state index in [9.17, 15) is 9.90 Å². The Balaban J connectivity index is 1.68. The molecule has 2 atom stereocenters. The third kappa shape index (κ3) is 4.38.